The van der Waals surface area contributed by atoms with Gasteiger partial charge in [-0.1, -0.05) is 45.9 Å². The van der Waals surface area contributed by atoms with Gasteiger partial charge in [0.25, 0.3) is 0 Å². The van der Waals surface area contributed by atoms with Gasteiger partial charge in [-0.25, -0.2) is 0 Å². The molecule has 20 heavy (non-hydrogen) atoms. The molecule has 0 aliphatic carbocycles. The van der Waals surface area contributed by atoms with Gasteiger partial charge >= 0.3 is 0 Å². The average molecular weight is 347 g/mol. The van der Waals surface area contributed by atoms with E-state index in [1.165, 1.54) is 30.8 Å². The first-order chi connectivity index (χ1) is 9.58. The number of aryl methyl sites for hydroxylation is 3. The molecule has 1 nitrogen and oxygen atoms in total. The van der Waals surface area contributed by atoms with Gasteiger partial charge in [0.1, 0.15) is 11.3 Å². The maximum absolute atomic E-state index is 5.95. The summed E-state index contributed by atoms with van der Waals surface area (Å²) < 4.78 is 7.11. The molecule has 0 unspecified atom stereocenters. The monoisotopic (exact) mass is 346 g/mol. The zero-order valence-corrected chi connectivity index (χ0v) is 14.1. The number of fused-ring (bicyclic) bond motifs is 1. The summed E-state index contributed by atoms with van der Waals surface area (Å²) in [5.41, 5.74) is 3.43. The van der Waals surface area contributed by atoms with E-state index >= 15 is 0 Å². The molecule has 0 fully saturated rings. The topological polar surface area (TPSA) is 13.1 Å². The van der Waals surface area contributed by atoms with Crippen molar-refractivity contribution in [3.8, 4) is 0 Å². The summed E-state index contributed by atoms with van der Waals surface area (Å²) >= 11 is 5.44. The summed E-state index contributed by atoms with van der Waals surface area (Å²) in [7, 11) is 0. The molecule has 0 bridgehead atoms. The molecule has 0 radical (unpaired) electrons. The van der Waals surface area contributed by atoms with Gasteiger partial charge in [-0.3, -0.25) is 0 Å². The molecule has 0 spiro atoms. The molecule has 0 atom stereocenters. The molecule has 3 heteroatoms. The lowest BCUT2D eigenvalue weighted by Crippen LogP contribution is -1.84. The lowest BCUT2D eigenvalue weighted by atomic mass is 10.1. The maximum Gasteiger partial charge on any atom is 0.136 e. The number of halogens is 1. The van der Waals surface area contributed by atoms with Crippen molar-refractivity contribution in [2.24, 2.45) is 0 Å². The summed E-state index contributed by atoms with van der Waals surface area (Å²) in [5, 5.41) is 1.22. The highest BCUT2D eigenvalue weighted by Crippen LogP contribution is 2.42. The number of hydrogen-bond acceptors (Lipinski definition) is 2. The van der Waals surface area contributed by atoms with E-state index in [2.05, 4.69) is 60.1 Å². The van der Waals surface area contributed by atoms with Crippen LogP contribution in [0.4, 0.5) is 0 Å². The van der Waals surface area contributed by atoms with Crippen LogP contribution in [0.1, 0.15) is 16.9 Å². The number of hydrogen-bond donors (Lipinski definition) is 0. The normalized spacial score (nSPS) is 11.2. The van der Waals surface area contributed by atoms with E-state index < -0.39 is 0 Å². The van der Waals surface area contributed by atoms with Gasteiger partial charge < -0.3 is 4.42 Å². The van der Waals surface area contributed by atoms with Crippen LogP contribution in [0.15, 0.2) is 55.1 Å². The van der Waals surface area contributed by atoms with Gasteiger partial charge in [0, 0.05) is 14.8 Å². The third kappa shape index (κ3) is 2.29. The van der Waals surface area contributed by atoms with Crippen LogP contribution >= 0.6 is 27.7 Å². The van der Waals surface area contributed by atoms with E-state index in [-0.39, 0.29) is 0 Å². The van der Waals surface area contributed by atoms with Gasteiger partial charge in [0.15, 0.2) is 0 Å². The van der Waals surface area contributed by atoms with Crippen molar-refractivity contribution >= 4 is 38.7 Å². The molecular weight excluding hydrogens is 332 g/mol. The van der Waals surface area contributed by atoms with Crippen LogP contribution in [0, 0.1) is 20.8 Å². The Bertz CT molecular complexity index is 775. The first-order valence-electron chi connectivity index (χ1n) is 6.49. The second-order valence-electron chi connectivity index (χ2n) is 4.91. The molecule has 1 aromatic heterocycles. The van der Waals surface area contributed by atoms with Crippen LogP contribution in [0.25, 0.3) is 11.0 Å². The van der Waals surface area contributed by atoms with E-state index in [1.54, 1.807) is 11.8 Å². The molecule has 0 N–H and O–H groups in total. The fourth-order valence-electron chi connectivity index (χ4n) is 2.40. The van der Waals surface area contributed by atoms with E-state index in [1.807, 2.05) is 13.0 Å². The number of rotatable bonds is 2. The zero-order valence-electron chi connectivity index (χ0n) is 11.7. The summed E-state index contributed by atoms with van der Waals surface area (Å²) in [6.45, 7) is 6.27. The number of benzene rings is 2. The smallest absolute Gasteiger partial charge is 0.136 e. The maximum atomic E-state index is 5.95. The first kappa shape index (κ1) is 13.8. The minimum absolute atomic E-state index is 0.971. The van der Waals surface area contributed by atoms with Gasteiger partial charge in [-0.2, -0.15) is 0 Å². The molecule has 3 rings (SSSR count). The van der Waals surface area contributed by atoms with Crippen LogP contribution in [-0.4, -0.2) is 0 Å². The van der Waals surface area contributed by atoms with Crippen molar-refractivity contribution in [3.05, 3.63) is 57.8 Å². The fourth-order valence-corrected chi connectivity index (χ4v) is 3.78. The Hall–Kier alpha value is -1.19. The Balaban J connectivity index is 2.20. The molecule has 1 heterocycles. The second-order valence-corrected chi connectivity index (χ2v) is 6.78. The van der Waals surface area contributed by atoms with Crippen molar-refractivity contribution in [2.75, 3.05) is 0 Å². The molecular formula is C17H15BrOS. The van der Waals surface area contributed by atoms with Crippen molar-refractivity contribution in [1.29, 1.82) is 0 Å². The summed E-state index contributed by atoms with van der Waals surface area (Å²) in [6, 6.07) is 12.5. The van der Waals surface area contributed by atoms with Crippen molar-refractivity contribution in [1.82, 2.24) is 0 Å². The van der Waals surface area contributed by atoms with Crippen molar-refractivity contribution in [3.63, 3.8) is 0 Å². The third-order valence-corrected chi connectivity index (χ3v) is 5.84. The predicted octanol–water partition coefficient (Wildman–Crippen LogP) is 6.27. The summed E-state index contributed by atoms with van der Waals surface area (Å²) in [4.78, 5) is 2.44. The van der Waals surface area contributed by atoms with Crippen LogP contribution in [0.5, 0.6) is 0 Å². The number of furan rings is 1. The minimum atomic E-state index is 0.971. The average Bonchev–Trinajstić information content (AvgIpc) is 2.74. The lowest BCUT2D eigenvalue weighted by Gasteiger charge is -2.06. The Kier molecular flexibility index (Phi) is 3.65. The summed E-state index contributed by atoms with van der Waals surface area (Å²) in [6.07, 6.45) is 0. The molecule has 0 amide bonds. The van der Waals surface area contributed by atoms with Crippen LogP contribution in [-0.2, 0) is 0 Å². The zero-order chi connectivity index (χ0) is 14.3. The quantitative estimate of drug-likeness (QED) is 0.542. The minimum Gasteiger partial charge on any atom is -0.460 e. The molecule has 0 aliphatic heterocycles. The molecule has 3 aromatic rings. The van der Waals surface area contributed by atoms with Crippen LogP contribution < -0.4 is 0 Å². The second kappa shape index (κ2) is 5.30. The Morgan fingerprint density at radius 2 is 1.75 bits per heavy atom. The molecule has 0 saturated carbocycles. The molecule has 0 saturated heterocycles. The van der Waals surface area contributed by atoms with Gasteiger partial charge in [0.05, 0.1) is 4.90 Å². The van der Waals surface area contributed by atoms with Crippen molar-refractivity contribution < 1.29 is 4.42 Å². The SMILES string of the molecule is Cc1cc2oc(C)c(Sc3ccccc3)c2c(C)c1Br. The van der Waals surface area contributed by atoms with Crippen LogP contribution in [0.3, 0.4) is 0 Å². The Labute approximate surface area is 131 Å². The third-order valence-electron chi connectivity index (χ3n) is 3.42. The highest BCUT2D eigenvalue weighted by atomic mass is 79.9. The van der Waals surface area contributed by atoms with E-state index in [0.717, 1.165) is 11.3 Å². The molecule has 0 aliphatic rings. The molecule has 102 valence electrons. The fraction of sp³-hybridized carbons (Fsp3) is 0.176. The predicted molar refractivity (Wildman–Crippen MR) is 88.7 cm³/mol. The van der Waals surface area contributed by atoms with E-state index in [0.29, 0.717) is 0 Å². The van der Waals surface area contributed by atoms with Gasteiger partial charge in [-0.05, 0) is 50.1 Å². The first-order valence-corrected chi connectivity index (χ1v) is 8.10. The van der Waals surface area contributed by atoms with Crippen LogP contribution in [0.2, 0.25) is 0 Å². The summed E-state index contributed by atoms with van der Waals surface area (Å²) in [5.74, 6) is 0.981. The Morgan fingerprint density at radius 3 is 2.45 bits per heavy atom. The highest BCUT2D eigenvalue weighted by Gasteiger charge is 2.17. The van der Waals surface area contributed by atoms with Crippen molar-refractivity contribution in [2.45, 2.75) is 30.6 Å². The van der Waals surface area contributed by atoms with E-state index in [9.17, 15) is 0 Å². The van der Waals surface area contributed by atoms with E-state index in [4.69, 9.17) is 4.42 Å². The van der Waals surface area contributed by atoms with Gasteiger partial charge in [0.2, 0.25) is 0 Å². The van der Waals surface area contributed by atoms with Gasteiger partial charge in [-0.15, -0.1) is 0 Å². The largest absolute Gasteiger partial charge is 0.460 e. The highest BCUT2D eigenvalue weighted by molar-refractivity contribution is 9.10. The molecule has 2 aromatic carbocycles. The Morgan fingerprint density at radius 1 is 1.05 bits per heavy atom. The standard InChI is InChI=1S/C17H15BrOS/c1-10-9-14-15(11(2)16(10)18)17(12(3)19-14)20-13-7-5-4-6-8-13/h4-9H,1-3H3. The lowest BCUT2D eigenvalue weighted by molar-refractivity contribution is 0.568.